The van der Waals surface area contributed by atoms with Crippen molar-refractivity contribution < 1.29 is 9.84 Å². The predicted molar refractivity (Wildman–Crippen MR) is 97.3 cm³/mol. The zero-order valence-electron chi connectivity index (χ0n) is 13.4. The molecule has 0 bridgehead atoms. The first kappa shape index (κ1) is 17.6. The molecule has 0 saturated heterocycles. The molecule has 0 aliphatic heterocycles. The Bertz CT molecular complexity index is 908. The number of halogens is 1. The van der Waals surface area contributed by atoms with Gasteiger partial charge >= 0.3 is 4.87 Å². The number of aliphatic hydroxyl groups excluding tert-OH is 1. The second-order valence-corrected chi connectivity index (χ2v) is 6.81. The molecule has 3 rings (SSSR count). The number of aliphatic hydroxyl groups is 1. The maximum atomic E-state index is 12.1. The van der Waals surface area contributed by atoms with E-state index in [1.54, 1.807) is 30.5 Å². The van der Waals surface area contributed by atoms with E-state index < -0.39 is 6.10 Å². The third-order valence-electron chi connectivity index (χ3n) is 3.54. The Morgan fingerprint density at radius 1 is 1.36 bits per heavy atom. The molecule has 2 heterocycles. The number of ether oxygens (including phenoxy) is 1. The molecule has 0 fully saturated rings. The first-order valence-corrected chi connectivity index (χ1v) is 8.75. The van der Waals surface area contributed by atoms with Gasteiger partial charge in [0.05, 0.1) is 19.8 Å². The number of aromatic nitrogens is 3. The summed E-state index contributed by atoms with van der Waals surface area (Å²) in [5, 5.41) is 15.7. The molecule has 0 amide bonds. The Hall–Kier alpha value is -2.22. The highest BCUT2D eigenvalue weighted by molar-refractivity contribution is 7.12. The largest absolute Gasteiger partial charge is 0.481 e. The van der Waals surface area contributed by atoms with Crippen LogP contribution in [0.25, 0.3) is 10.6 Å². The van der Waals surface area contributed by atoms with Crippen LogP contribution in [0.1, 0.15) is 5.56 Å². The Labute approximate surface area is 153 Å². The Morgan fingerprint density at radius 2 is 2.20 bits per heavy atom. The second-order valence-electron chi connectivity index (χ2n) is 5.43. The molecule has 0 saturated carbocycles. The number of methoxy groups -OCH3 is 1. The summed E-state index contributed by atoms with van der Waals surface area (Å²) < 4.78 is 6.29. The lowest BCUT2D eigenvalue weighted by Gasteiger charge is -2.10. The van der Waals surface area contributed by atoms with Crippen molar-refractivity contribution in [3.63, 3.8) is 0 Å². The lowest BCUT2D eigenvalue weighted by atomic mass is 10.1. The number of nitrogens with zero attached hydrogens (tertiary/aromatic N) is 3. The van der Waals surface area contributed by atoms with Crippen molar-refractivity contribution in [3.8, 4) is 16.5 Å². The third-order valence-corrected chi connectivity index (χ3v) is 4.67. The van der Waals surface area contributed by atoms with Gasteiger partial charge in [0.2, 0.25) is 5.88 Å². The molecule has 6 nitrogen and oxygen atoms in total. The van der Waals surface area contributed by atoms with Crippen LogP contribution in [0.2, 0.25) is 5.02 Å². The van der Waals surface area contributed by atoms with Gasteiger partial charge in [-0.15, -0.1) is 0 Å². The van der Waals surface area contributed by atoms with E-state index >= 15 is 0 Å². The van der Waals surface area contributed by atoms with Gasteiger partial charge in [-0.2, -0.15) is 5.10 Å². The summed E-state index contributed by atoms with van der Waals surface area (Å²) in [6.45, 7) is 0.116. The van der Waals surface area contributed by atoms with Gasteiger partial charge in [-0.1, -0.05) is 35.1 Å². The van der Waals surface area contributed by atoms with E-state index in [4.69, 9.17) is 16.3 Å². The van der Waals surface area contributed by atoms with E-state index in [0.717, 1.165) is 22.5 Å². The first-order valence-electron chi connectivity index (χ1n) is 7.56. The lowest BCUT2D eigenvalue weighted by molar-refractivity contribution is 0.148. The van der Waals surface area contributed by atoms with Crippen LogP contribution in [0.4, 0.5) is 0 Å². The SMILES string of the molecule is COc1ccc(-c2nn(CC(O)Cc3cccc(Cl)c3)c(=O)s2)cn1. The summed E-state index contributed by atoms with van der Waals surface area (Å²) >= 11 is 6.96. The van der Waals surface area contributed by atoms with Crippen LogP contribution in [-0.4, -0.2) is 33.1 Å². The molecule has 8 heteroatoms. The summed E-state index contributed by atoms with van der Waals surface area (Å²) in [7, 11) is 1.54. The van der Waals surface area contributed by atoms with Crippen molar-refractivity contribution in [2.45, 2.75) is 19.1 Å². The van der Waals surface area contributed by atoms with Gasteiger partial charge in [-0.3, -0.25) is 4.79 Å². The highest BCUT2D eigenvalue weighted by Gasteiger charge is 2.13. The van der Waals surface area contributed by atoms with E-state index in [0.29, 0.717) is 22.3 Å². The van der Waals surface area contributed by atoms with Gasteiger partial charge in [0, 0.05) is 29.3 Å². The van der Waals surface area contributed by atoms with Crippen LogP contribution in [0, 0.1) is 0 Å². The maximum absolute atomic E-state index is 12.1. The first-order chi connectivity index (χ1) is 12.0. The van der Waals surface area contributed by atoms with Gasteiger partial charge in [0.15, 0.2) is 5.01 Å². The van der Waals surface area contributed by atoms with Gasteiger partial charge in [0.25, 0.3) is 0 Å². The fourth-order valence-corrected chi connectivity index (χ4v) is 3.34. The van der Waals surface area contributed by atoms with Crippen LogP contribution in [-0.2, 0) is 13.0 Å². The smallest absolute Gasteiger partial charge is 0.325 e. The minimum atomic E-state index is -0.736. The molecule has 25 heavy (non-hydrogen) atoms. The Morgan fingerprint density at radius 3 is 2.88 bits per heavy atom. The number of hydrogen-bond acceptors (Lipinski definition) is 6. The van der Waals surface area contributed by atoms with Crippen molar-refractivity contribution in [1.29, 1.82) is 0 Å². The van der Waals surface area contributed by atoms with Crippen LogP contribution in [0.5, 0.6) is 5.88 Å². The predicted octanol–water partition coefficient (Wildman–Crippen LogP) is 2.63. The van der Waals surface area contributed by atoms with Gasteiger partial charge in [0.1, 0.15) is 0 Å². The lowest BCUT2D eigenvalue weighted by Crippen LogP contribution is -2.25. The average molecular weight is 378 g/mol. The third kappa shape index (κ3) is 4.45. The Balaban J connectivity index is 1.72. The molecule has 2 aromatic heterocycles. The quantitative estimate of drug-likeness (QED) is 0.714. The molecule has 0 spiro atoms. The van der Waals surface area contributed by atoms with Crippen LogP contribution < -0.4 is 9.61 Å². The van der Waals surface area contributed by atoms with Crippen LogP contribution in [0.3, 0.4) is 0 Å². The van der Waals surface area contributed by atoms with Crippen LogP contribution >= 0.6 is 22.9 Å². The average Bonchev–Trinajstić information content (AvgIpc) is 2.95. The molecule has 3 aromatic rings. The van der Waals surface area contributed by atoms with Crippen molar-refractivity contribution in [3.05, 3.63) is 62.8 Å². The van der Waals surface area contributed by atoms with Crippen LogP contribution in [0.15, 0.2) is 47.4 Å². The van der Waals surface area contributed by atoms with Crippen molar-refractivity contribution in [1.82, 2.24) is 14.8 Å². The summed E-state index contributed by atoms with van der Waals surface area (Å²) in [6, 6.07) is 10.8. The minimum absolute atomic E-state index is 0.116. The van der Waals surface area contributed by atoms with E-state index in [1.165, 1.54) is 11.8 Å². The molecule has 1 aromatic carbocycles. The molecular weight excluding hydrogens is 362 g/mol. The maximum Gasteiger partial charge on any atom is 0.325 e. The summed E-state index contributed by atoms with van der Waals surface area (Å²) in [6.07, 6.45) is 1.26. The molecule has 1 N–H and O–H groups in total. The second kappa shape index (κ2) is 7.77. The fraction of sp³-hybridized carbons (Fsp3) is 0.235. The van der Waals surface area contributed by atoms with E-state index in [2.05, 4.69) is 10.1 Å². The number of hydrogen-bond donors (Lipinski definition) is 1. The molecule has 0 aliphatic rings. The van der Waals surface area contributed by atoms with E-state index in [9.17, 15) is 9.90 Å². The summed E-state index contributed by atoms with van der Waals surface area (Å²) in [5.41, 5.74) is 1.63. The van der Waals surface area contributed by atoms with Crippen molar-refractivity contribution in [2.75, 3.05) is 7.11 Å². The summed E-state index contributed by atoms with van der Waals surface area (Å²) in [5.74, 6) is 0.493. The molecule has 130 valence electrons. The van der Waals surface area contributed by atoms with Crippen molar-refractivity contribution >= 4 is 22.9 Å². The normalized spacial score (nSPS) is 12.1. The number of rotatable bonds is 6. The summed E-state index contributed by atoms with van der Waals surface area (Å²) in [4.78, 5) is 16.0. The molecule has 0 radical (unpaired) electrons. The Kier molecular flexibility index (Phi) is 5.47. The zero-order valence-corrected chi connectivity index (χ0v) is 15.0. The number of benzene rings is 1. The zero-order chi connectivity index (χ0) is 17.8. The van der Waals surface area contributed by atoms with E-state index in [-0.39, 0.29) is 11.4 Å². The van der Waals surface area contributed by atoms with Gasteiger partial charge in [-0.25, -0.2) is 9.67 Å². The standard InChI is InChI=1S/C17H16ClN3O3S/c1-24-15-6-5-12(9-19-15)16-20-21(17(23)25-16)10-14(22)8-11-3-2-4-13(18)7-11/h2-7,9,14,22H,8,10H2,1H3. The molecule has 1 atom stereocenters. The molecule has 1 unspecified atom stereocenters. The molecular formula is C17H16ClN3O3S. The highest BCUT2D eigenvalue weighted by Crippen LogP contribution is 2.20. The highest BCUT2D eigenvalue weighted by atomic mass is 35.5. The monoisotopic (exact) mass is 377 g/mol. The van der Waals surface area contributed by atoms with Gasteiger partial charge in [-0.05, 0) is 23.8 Å². The van der Waals surface area contributed by atoms with Gasteiger partial charge < -0.3 is 9.84 Å². The molecule has 0 aliphatic carbocycles. The van der Waals surface area contributed by atoms with Crippen molar-refractivity contribution in [2.24, 2.45) is 0 Å². The fourth-order valence-electron chi connectivity index (χ4n) is 2.37. The minimum Gasteiger partial charge on any atom is -0.481 e. The topological polar surface area (TPSA) is 77.2 Å². The number of pyridine rings is 1. The van der Waals surface area contributed by atoms with E-state index in [1.807, 2.05) is 12.1 Å².